The fourth-order valence-corrected chi connectivity index (χ4v) is 4.57. The Hall–Kier alpha value is -2.76. The van der Waals surface area contributed by atoms with E-state index in [-0.39, 0.29) is 24.1 Å². The van der Waals surface area contributed by atoms with Gasteiger partial charge in [0.1, 0.15) is 6.04 Å². The minimum atomic E-state index is -0.642. The number of nitrogens with one attached hydrogen (secondary N) is 1. The lowest BCUT2D eigenvalue weighted by molar-refractivity contribution is -0.139. The van der Waals surface area contributed by atoms with Crippen molar-refractivity contribution in [2.75, 3.05) is 12.3 Å². The number of rotatable bonds is 11. The largest absolute Gasteiger partial charge is 0.354 e. The summed E-state index contributed by atoms with van der Waals surface area (Å²) in [4.78, 5) is 29.6. The standard InChI is InChI=1S/C28H31ClN2O2S/c1-3-17-30-28(33)26(18-22-9-5-4-6-10-22)31(19-23-11-7-8-12-25(23)29)27(32)20-34-24-15-13-21(2)14-16-24/h4-16,26H,3,17-20H2,1-2H3,(H,30,33)/t26-/m0/s1. The molecule has 3 aromatic carbocycles. The molecule has 3 rings (SSSR count). The van der Waals surface area contributed by atoms with E-state index >= 15 is 0 Å². The van der Waals surface area contributed by atoms with Crippen molar-refractivity contribution < 1.29 is 9.59 Å². The number of carbonyl (C=O) groups is 2. The summed E-state index contributed by atoms with van der Waals surface area (Å²) in [5, 5.41) is 3.58. The Morgan fingerprint density at radius 2 is 1.65 bits per heavy atom. The van der Waals surface area contributed by atoms with Gasteiger partial charge in [-0.3, -0.25) is 9.59 Å². The summed E-state index contributed by atoms with van der Waals surface area (Å²) in [5.41, 5.74) is 2.99. The zero-order chi connectivity index (χ0) is 24.3. The highest BCUT2D eigenvalue weighted by Crippen LogP contribution is 2.23. The summed E-state index contributed by atoms with van der Waals surface area (Å²) in [6, 6.07) is 24.7. The Morgan fingerprint density at radius 3 is 2.32 bits per heavy atom. The Labute approximate surface area is 211 Å². The van der Waals surface area contributed by atoms with Crippen molar-refractivity contribution in [1.29, 1.82) is 0 Å². The molecule has 0 radical (unpaired) electrons. The molecule has 0 aromatic heterocycles. The van der Waals surface area contributed by atoms with Crippen LogP contribution in [0.1, 0.15) is 30.0 Å². The van der Waals surface area contributed by atoms with Crippen LogP contribution in [-0.2, 0) is 22.6 Å². The van der Waals surface area contributed by atoms with E-state index in [9.17, 15) is 9.59 Å². The SMILES string of the molecule is CCCNC(=O)[C@H](Cc1ccccc1)N(Cc1ccccc1Cl)C(=O)CSc1ccc(C)cc1. The van der Waals surface area contributed by atoms with Gasteiger partial charge in [0, 0.05) is 29.4 Å². The third-order valence-electron chi connectivity index (χ3n) is 5.50. The maximum atomic E-state index is 13.6. The van der Waals surface area contributed by atoms with E-state index in [4.69, 9.17) is 11.6 Å². The van der Waals surface area contributed by atoms with Crippen molar-refractivity contribution in [2.45, 2.75) is 44.2 Å². The number of amides is 2. The molecular formula is C28H31ClN2O2S. The highest BCUT2D eigenvalue weighted by molar-refractivity contribution is 8.00. The van der Waals surface area contributed by atoms with Gasteiger partial charge in [-0.25, -0.2) is 0 Å². The Bertz CT molecular complexity index is 1070. The minimum absolute atomic E-state index is 0.0990. The van der Waals surface area contributed by atoms with Crippen LogP contribution in [0.5, 0.6) is 0 Å². The molecule has 1 N–H and O–H groups in total. The molecule has 34 heavy (non-hydrogen) atoms. The van der Waals surface area contributed by atoms with E-state index in [1.165, 1.54) is 17.3 Å². The maximum Gasteiger partial charge on any atom is 0.243 e. The van der Waals surface area contributed by atoms with Gasteiger partial charge in [0.15, 0.2) is 0 Å². The molecule has 0 fully saturated rings. The Kier molecular flexibility index (Phi) is 10.0. The molecule has 0 aliphatic heterocycles. The van der Waals surface area contributed by atoms with Gasteiger partial charge in [0.05, 0.1) is 5.75 Å². The summed E-state index contributed by atoms with van der Waals surface area (Å²) >= 11 is 7.92. The highest BCUT2D eigenvalue weighted by atomic mass is 35.5. The lowest BCUT2D eigenvalue weighted by Crippen LogP contribution is -2.51. The van der Waals surface area contributed by atoms with Crippen LogP contribution >= 0.6 is 23.4 Å². The van der Waals surface area contributed by atoms with E-state index in [1.807, 2.05) is 92.7 Å². The van der Waals surface area contributed by atoms with Gasteiger partial charge < -0.3 is 10.2 Å². The molecule has 0 unspecified atom stereocenters. The number of nitrogens with zero attached hydrogens (tertiary/aromatic N) is 1. The molecular weight excluding hydrogens is 464 g/mol. The number of hydrogen-bond acceptors (Lipinski definition) is 3. The van der Waals surface area contributed by atoms with Gasteiger partial charge in [-0.05, 0) is 42.7 Å². The predicted molar refractivity (Wildman–Crippen MR) is 141 cm³/mol. The van der Waals surface area contributed by atoms with Crippen molar-refractivity contribution in [1.82, 2.24) is 10.2 Å². The van der Waals surface area contributed by atoms with Crippen LogP contribution in [-0.4, -0.2) is 35.1 Å². The van der Waals surface area contributed by atoms with Crippen LogP contribution in [0.15, 0.2) is 83.8 Å². The minimum Gasteiger partial charge on any atom is -0.354 e. The van der Waals surface area contributed by atoms with Crippen molar-refractivity contribution in [3.05, 3.63) is 101 Å². The fraction of sp³-hybridized carbons (Fsp3) is 0.286. The second kappa shape index (κ2) is 13.2. The first-order chi connectivity index (χ1) is 16.5. The van der Waals surface area contributed by atoms with Crippen LogP contribution < -0.4 is 5.32 Å². The van der Waals surface area contributed by atoms with Gasteiger partial charge in [0.2, 0.25) is 11.8 Å². The summed E-state index contributed by atoms with van der Waals surface area (Å²) in [6.07, 6.45) is 1.26. The summed E-state index contributed by atoms with van der Waals surface area (Å²) in [5.74, 6) is -0.00984. The van der Waals surface area contributed by atoms with Gasteiger partial charge in [-0.15, -0.1) is 11.8 Å². The van der Waals surface area contributed by atoms with Gasteiger partial charge in [-0.1, -0.05) is 84.8 Å². The van der Waals surface area contributed by atoms with Crippen molar-refractivity contribution in [2.24, 2.45) is 0 Å². The molecule has 0 aliphatic carbocycles. The second-order valence-electron chi connectivity index (χ2n) is 8.21. The Balaban J connectivity index is 1.89. The molecule has 0 saturated carbocycles. The highest BCUT2D eigenvalue weighted by Gasteiger charge is 2.30. The summed E-state index contributed by atoms with van der Waals surface area (Å²) in [6.45, 7) is 4.88. The summed E-state index contributed by atoms with van der Waals surface area (Å²) in [7, 11) is 0. The topological polar surface area (TPSA) is 49.4 Å². The van der Waals surface area contributed by atoms with Crippen LogP contribution in [0.3, 0.4) is 0 Å². The van der Waals surface area contributed by atoms with Crippen LogP contribution in [0.4, 0.5) is 0 Å². The smallest absolute Gasteiger partial charge is 0.243 e. The number of halogens is 1. The zero-order valence-electron chi connectivity index (χ0n) is 19.7. The first-order valence-corrected chi connectivity index (χ1v) is 12.9. The van der Waals surface area contributed by atoms with E-state index < -0.39 is 6.04 Å². The lowest BCUT2D eigenvalue weighted by Gasteiger charge is -2.31. The monoisotopic (exact) mass is 494 g/mol. The van der Waals surface area contributed by atoms with Gasteiger partial charge >= 0.3 is 0 Å². The van der Waals surface area contributed by atoms with Crippen molar-refractivity contribution in [3.8, 4) is 0 Å². The second-order valence-corrected chi connectivity index (χ2v) is 9.67. The molecule has 4 nitrogen and oxygen atoms in total. The van der Waals surface area contributed by atoms with Crippen LogP contribution in [0.25, 0.3) is 0 Å². The van der Waals surface area contributed by atoms with E-state index in [0.29, 0.717) is 18.0 Å². The molecule has 2 amide bonds. The predicted octanol–water partition coefficient (Wildman–Crippen LogP) is 5.91. The van der Waals surface area contributed by atoms with E-state index in [1.54, 1.807) is 4.90 Å². The quantitative estimate of drug-likeness (QED) is 0.337. The third kappa shape index (κ3) is 7.64. The normalized spacial score (nSPS) is 11.6. The first-order valence-electron chi connectivity index (χ1n) is 11.5. The number of aryl methyl sites for hydroxylation is 1. The fourth-order valence-electron chi connectivity index (χ4n) is 3.59. The molecule has 0 heterocycles. The molecule has 1 atom stereocenters. The molecule has 3 aromatic rings. The van der Waals surface area contributed by atoms with Crippen LogP contribution in [0.2, 0.25) is 5.02 Å². The molecule has 0 aliphatic rings. The van der Waals surface area contributed by atoms with E-state index in [0.717, 1.165) is 22.4 Å². The lowest BCUT2D eigenvalue weighted by atomic mass is 10.0. The molecule has 0 bridgehead atoms. The maximum absolute atomic E-state index is 13.6. The zero-order valence-corrected chi connectivity index (χ0v) is 21.2. The van der Waals surface area contributed by atoms with Gasteiger partial charge in [-0.2, -0.15) is 0 Å². The van der Waals surface area contributed by atoms with Crippen molar-refractivity contribution >= 4 is 35.2 Å². The Morgan fingerprint density at radius 1 is 0.971 bits per heavy atom. The van der Waals surface area contributed by atoms with Crippen molar-refractivity contribution in [3.63, 3.8) is 0 Å². The van der Waals surface area contributed by atoms with Crippen LogP contribution in [0, 0.1) is 6.92 Å². The average Bonchev–Trinajstić information content (AvgIpc) is 2.85. The number of carbonyl (C=O) groups excluding carboxylic acids is 2. The molecule has 0 saturated heterocycles. The van der Waals surface area contributed by atoms with Gasteiger partial charge in [0.25, 0.3) is 0 Å². The third-order valence-corrected chi connectivity index (χ3v) is 6.87. The molecule has 6 heteroatoms. The summed E-state index contributed by atoms with van der Waals surface area (Å²) < 4.78 is 0. The number of hydrogen-bond donors (Lipinski definition) is 1. The number of benzene rings is 3. The number of thioether (sulfide) groups is 1. The van der Waals surface area contributed by atoms with E-state index in [2.05, 4.69) is 5.32 Å². The molecule has 178 valence electrons. The average molecular weight is 495 g/mol. The first kappa shape index (κ1) is 25.9. The molecule has 0 spiro atoms.